The Balaban J connectivity index is 1.19. The van der Waals surface area contributed by atoms with E-state index < -0.39 is 8.32 Å². The maximum Gasteiger partial charge on any atom is 0.263 e. The molecule has 1 amide bonds. The lowest BCUT2D eigenvalue weighted by atomic mass is 10.0. The number of pyridine rings is 1. The number of thiophene rings is 1. The second kappa shape index (κ2) is 10.2. The van der Waals surface area contributed by atoms with E-state index in [2.05, 4.69) is 67.3 Å². The highest BCUT2D eigenvalue weighted by molar-refractivity contribution is 7.21. The molecule has 0 radical (unpaired) electrons. The van der Waals surface area contributed by atoms with Crippen molar-refractivity contribution in [1.29, 1.82) is 0 Å². The van der Waals surface area contributed by atoms with Crippen LogP contribution in [-0.4, -0.2) is 51.1 Å². The summed E-state index contributed by atoms with van der Waals surface area (Å²) in [6, 6.07) is 10.2. The molecule has 0 saturated carbocycles. The number of carbonyl (C=O) groups is 1. The quantitative estimate of drug-likeness (QED) is 0.383. The number of piperidine rings is 1. The summed E-state index contributed by atoms with van der Waals surface area (Å²) in [4.78, 5) is 21.3. The summed E-state index contributed by atoms with van der Waals surface area (Å²) in [6.07, 6.45) is 3.18. The molecule has 5 rings (SSSR count). The molecule has 2 aliphatic rings. The van der Waals surface area contributed by atoms with Crippen LogP contribution in [0.4, 0.5) is 11.4 Å². The number of benzene rings is 1. The number of hydrogen-bond donors (Lipinski definition) is 2. The van der Waals surface area contributed by atoms with Crippen molar-refractivity contribution in [2.24, 2.45) is 0 Å². The molecule has 1 fully saturated rings. The first-order valence-electron chi connectivity index (χ1n) is 13.6. The number of carbonyl (C=O) groups excluding carboxylic acids is 1. The molecule has 1 aromatic carbocycles. The van der Waals surface area contributed by atoms with Gasteiger partial charge in [0.15, 0.2) is 8.32 Å². The fourth-order valence-electron chi connectivity index (χ4n) is 4.98. The highest BCUT2D eigenvalue weighted by Gasteiger charge is 2.39. The lowest BCUT2D eigenvalue weighted by molar-refractivity contribution is 0.0920. The molecule has 38 heavy (non-hydrogen) atoms. The van der Waals surface area contributed by atoms with Crippen LogP contribution in [0.15, 0.2) is 30.3 Å². The highest BCUT2D eigenvalue weighted by Crippen LogP contribution is 2.39. The van der Waals surface area contributed by atoms with E-state index in [9.17, 15) is 4.79 Å². The Kier molecular flexibility index (Phi) is 7.21. The Labute approximate surface area is 230 Å². The minimum atomic E-state index is -1.75. The molecule has 3 N–H and O–H groups in total. The number of anilines is 2. The van der Waals surface area contributed by atoms with Crippen LogP contribution in [0.5, 0.6) is 5.75 Å². The molecule has 7 nitrogen and oxygen atoms in total. The van der Waals surface area contributed by atoms with E-state index in [1.807, 2.05) is 19.1 Å². The second-order valence-corrected chi connectivity index (χ2v) is 17.9. The minimum Gasteiger partial charge on any atom is -0.491 e. The fraction of sp³-hybridized carbons (Fsp3) is 0.517. The van der Waals surface area contributed by atoms with Crippen molar-refractivity contribution >= 4 is 47.2 Å². The van der Waals surface area contributed by atoms with Gasteiger partial charge in [0.05, 0.1) is 11.7 Å². The van der Waals surface area contributed by atoms with Crippen LogP contribution in [0.1, 0.15) is 54.5 Å². The standard InChI is InChI=1S/C29H40N4O3SSi/c1-18-7-10-23-25(30)26(37-28(23)31-18)27(34)32-20-15-19-8-9-21(16-24(19)35-17-20)33-13-11-22(12-14-33)36-38(5,6)29(2,3)4/h7-10,16,20,22H,11-15,17,30H2,1-6H3,(H,32,34). The monoisotopic (exact) mass is 552 g/mol. The third-order valence-corrected chi connectivity index (χ3v) is 14.0. The summed E-state index contributed by atoms with van der Waals surface area (Å²) < 4.78 is 12.8. The van der Waals surface area contributed by atoms with Crippen molar-refractivity contribution in [2.45, 2.75) is 77.2 Å². The van der Waals surface area contributed by atoms with Crippen molar-refractivity contribution in [3.63, 3.8) is 0 Å². The lowest BCUT2D eigenvalue weighted by Gasteiger charge is -2.42. The average Bonchev–Trinajstić information content (AvgIpc) is 3.18. The average molecular weight is 553 g/mol. The van der Waals surface area contributed by atoms with E-state index >= 15 is 0 Å². The first-order chi connectivity index (χ1) is 17.9. The van der Waals surface area contributed by atoms with Gasteiger partial charge in [0.25, 0.3) is 5.91 Å². The molecule has 4 heterocycles. The fourth-order valence-corrected chi connectivity index (χ4v) is 7.45. The van der Waals surface area contributed by atoms with Crippen LogP contribution in [0.3, 0.4) is 0 Å². The number of fused-ring (bicyclic) bond motifs is 2. The summed E-state index contributed by atoms with van der Waals surface area (Å²) in [5.41, 5.74) is 9.99. The second-order valence-electron chi connectivity index (χ2n) is 12.2. The number of nitrogen functional groups attached to an aromatic ring is 1. The molecule has 1 unspecified atom stereocenters. The molecule has 0 bridgehead atoms. The van der Waals surface area contributed by atoms with Crippen molar-refractivity contribution < 1.29 is 14.0 Å². The number of hydrogen-bond acceptors (Lipinski definition) is 7. The number of nitrogens with zero attached hydrogens (tertiary/aromatic N) is 2. The summed E-state index contributed by atoms with van der Waals surface area (Å²) in [7, 11) is -1.75. The van der Waals surface area contributed by atoms with Crippen molar-refractivity contribution in [3.8, 4) is 5.75 Å². The van der Waals surface area contributed by atoms with Gasteiger partial charge in [-0.15, -0.1) is 11.3 Å². The predicted octanol–water partition coefficient (Wildman–Crippen LogP) is 5.91. The predicted molar refractivity (Wildman–Crippen MR) is 159 cm³/mol. The summed E-state index contributed by atoms with van der Waals surface area (Å²) in [6.45, 7) is 15.9. The van der Waals surface area contributed by atoms with Crippen LogP contribution in [0.2, 0.25) is 18.1 Å². The molecule has 204 valence electrons. The summed E-state index contributed by atoms with van der Waals surface area (Å²) >= 11 is 1.34. The van der Waals surface area contributed by atoms with E-state index in [1.165, 1.54) is 17.0 Å². The smallest absolute Gasteiger partial charge is 0.263 e. The summed E-state index contributed by atoms with van der Waals surface area (Å²) in [5.74, 6) is 0.744. The van der Waals surface area contributed by atoms with Crippen LogP contribution >= 0.6 is 11.3 Å². The first-order valence-corrected chi connectivity index (χ1v) is 17.3. The molecule has 3 aromatic rings. The normalized spacial score (nSPS) is 18.8. The van der Waals surface area contributed by atoms with E-state index in [-0.39, 0.29) is 17.0 Å². The minimum absolute atomic E-state index is 0.108. The Hall–Kier alpha value is -2.62. The van der Waals surface area contributed by atoms with E-state index in [4.69, 9.17) is 14.9 Å². The van der Waals surface area contributed by atoms with Crippen LogP contribution in [0.25, 0.3) is 10.2 Å². The summed E-state index contributed by atoms with van der Waals surface area (Å²) in [5, 5.41) is 4.19. The maximum absolute atomic E-state index is 13.1. The molecular weight excluding hydrogens is 512 g/mol. The maximum atomic E-state index is 13.1. The van der Waals surface area contributed by atoms with Crippen LogP contribution in [-0.2, 0) is 10.8 Å². The van der Waals surface area contributed by atoms with Gasteiger partial charge in [-0.3, -0.25) is 4.79 Å². The van der Waals surface area contributed by atoms with Gasteiger partial charge in [-0.05, 0) is 68.1 Å². The number of nitrogens with one attached hydrogen (secondary N) is 1. The van der Waals surface area contributed by atoms with Crippen LogP contribution < -0.4 is 20.7 Å². The van der Waals surface area contributed by atoms with Crippen molar-refractivity contribution in [1.82, 2.24) is 10.3 Å². The zero-order valence-electron chi connectivity index (χ0n) is 23.4. The number of ether oxygens (including phenoxy) is 1. The van der Waals surface area contributed by atoms with Crippen LogP contribution in [0, 0.1) is 6.92 Å². The van der Waals surface area contributed by atoms with E-state index in [0.29, 0.717) is 23.3 Å². The number of rotatable bonds is 5. The number of aromatic nitrogens is 1. The Bertz CT molecular complexity index is 1340. The highest BCUT2D eigenvalue weighted by atomic mass is 32.1. The number of amides is 1. The Morgan fingerprint density at radius 2 is 1.95 bits per heavy atom. The zero-order chi connectivity index (χ0) is 27.2. The lowest BCUT2D eigenvalue weighted by Crippen LogP contribution is -2.47. The SMILES string of the molecule is Cc1ccc2c(N)c(C(=O)NC3COc4cc(N5CCC(O[Si](C)(C)C(C)(C)C)CC5)ccc4C3)sc2n1. The molecule has 1 atom stereocenters. The van der Waals surface area contributed by atoms with Gasteiger partial charge < -0.3 is 25.1 Å². The van der Waals surface area contributed by atoms with Crippen molar-refractivity contribution in [2.75, 3.05) is 30.3 Å². The van der Waals surface area contributed by atoms with Gasteiger partial charge in [-0.2, -0.15) is 0 Å². The number of aryl methyl sites for hydroxylation is 1. The zero-order valence-corrected chi connectivity index (χ0v) is 25.2. The first kappa shape index (κ1) is 27.0. The van der Waals surface area contributed by atoms with Gasteiger partial charge in [0.1, 0.15) is 22.1 Å². The van der Waals surface area contributed by atoms with Gasteiger partial charge in [-0.1, -0.05) is 26.8 Å². The Morgan fingerprint density at radius 3 is 2.66 bits per heavy atom. The van der Waals surface area contributed by atoms with E-state index in [1.54, 1.807) is 0 Å². The molecule has 9 heteroatoms. The third-order valence-electron chi connectivity index (χ3n) is 8.31. The molecular formula is C29H40N4O3SSi. The van der Waals surface area contributed by atoms with E-state index in [0.717, 1.165) is 59.6 Å². The van der Waals surface area contributed by atoms with Crippen molar-refractivity contribution in [3.05, 3.63) is 46.5 Å². The number of nitrogens with two attached hydrogens (primary N) is 1. The molecule has 2 aromatic heterocycles. The van der Waals surface area contributed by atoms with Gasteiger partial charge in [-0.25, -0.2) is 4.98 Å². The Morgan fingerprint density at radius 1 is 1.21 bits per heavy atom. The largest absolute Gasteiger partial charge is 0.491 e. The third kappa shape index (κ3) is 5.42. The topological polar surface area (TPSA) is 89.7 Å². The molecule has 0 aliphatic carbocycles. The van der Waals surface area contributed by atoms with Gasteiger partial charge >= 0.3 is 0 Å². The molecule has 1 saturated heterocycles. The van der Waals surface area contributed by atoms with Gasteiger partial charge in [0, 0.05) is 42.0 Å². The molecule has 2 aliphatic heterocycles. The molecule has 0 spiro atoms. The van der Waals surface area contributed by atoms with Gasteiger partial charge in [0.2, 0.25) is 0 Å².